The number of hydrogen-bond donors (Lipinski definition) is 1. The van der Waals surface area contributed by atoms with Crippen LogP contribution >= 0.6 is 11.3 Å². The van der Waals surface area contributed by atoms with Crippen molar-refractivity contribution in [2.24, 2.45) is 5.92 Å². The molecule has 1 amide bonds. The number of thiophene rings is 1. The quantitative estimate of drug-likeness (QED) is 0.499. The third kappa shape index (κ3) is 3.50. The molecule has 0 fully saturated rings. The zero-order valence-electron chi connectivity index (χ0n) is 18.0. The van der Waals surface area contributed by atoms with Gasteiger partial charge in [-0.15, -0.1) is 16.4 Å². The Bertz CT molecular complexity index is 1380. The molecule has 10 heteroatoms. The normalized spacial score (nSPS) is 15.7. The van der Waals surface area contributed by atoms with E-state index in [1.807, 2.05) is 0 Å². The van der Waals surface area contributed by atoms with Crippen LogP contribution in [-0.2, 0) is 24.2 Å². The summed E-state index contributed by atoms with van der Waals surface area (Å²) in [6.45, 7) is 2.04. The van der Waals surface area contributed by atoms with Crippen LogP contribution in [0, 0.1) is 5.92 Å². The maximum atomic E-state index is 12.9. The van der Waals surface area contributed by atoms with Crippen molar-refractivity contribution >= 4 is 38.8 Å². The molecule has 166 valence electrons. The number of amides is 1. The van der Waals surface area contributed by atoms with Crippen molar-refractivity contribution in [2.75, 3.05) is 19.5 Å². The summed E-state index contributed by atoms with van der Waals surface area (Å²) >= 11 is 1.68. The molecule has 0 saturated carbocycles. The number of carbonyl (C=O) groups is 1. The average Bonchev–Trinajstić information content (AvgIpc) is 3.30. The Kier molecular flexibility index (Phi) is 5.09. The standard InChI is InChI=1S/C22H23N5O4S/c1-12-4-5-16-17(6-12)32-21-19(16)20-25-27(22(29)26(20)11-23-21)10-18(28)24-13-7-14(30-2)9-15(8-13)31-3/h7-9,11-12H,4-6,10H2,1-3H3,(H,24,28)/t12-/m1/s1. The molecule has 1 aliphatic rings. The van der Waals surface area contributed by atoms with Crippen LogP contribution in [0.5, 0.6) is 11.5 Å². The minimum atomic E-state index is -0.392. The van der Waals surface area contributed by atoms with Crippen LogP contribution in [0.15, 0.2) is 29.3 Å². The molecule has 1 N–H and O–H groups in total. The van der Waals surface area contributed by atoms with Gasteiger partial charge < -0.3 is 14.8 Å². The minimum absolute atomic E-state index is 0.217. The number of fused-ring (bicyclic) bond motifs is 5. The van der Waals surface area contributed by atoms with Gasteiger partial charge in [-0.1, -0.05) is 6.92 Å². The van der Waals surface area contributed by atoms with Gasteiger partial charge in [-0.2, -0.15) is 0 Å². The summed E-state index contributed by atoms with van der Waals surface area (Å²) in [6.07, 6.45) is 4.59. The number of aromatic nitrogens is 4. The summed E-state index contributed by atoms with van der Waals surface area (Å²) in [5, 5.41) is 8.23. The van der Waals surface area contributed by atoms with Crippen LogP contribution in [0.1, 0.15) is 23.8 Å². The van der Waals surface area contributed by atoms with E-state index in [2.05, 4.69) is 22.3 Å². The van der Waals surface area contributed by atoms with Gasteiger partial charge in [0.2, 0.25) is 5.91 Å². The van der Waals surface area contributed by atoms with E-state index in [1.165, 1.54) is 40.1 Å². The predicted octanol–water partition coefficient (Wildman–Crippen LogP) is 2.89. The lowest BCUT2D eigenvalue weighted by Crippen LogP contribution is -2.28. The van der Waals surface area contributed by atoms with Crippen molar-refractivity contribution in [1.29, 1.82) is 0 Å². The predicted molar refractivity (Wildman–Crippen MR) is 122 cm³/mol. The van der Waals surface area contributed by atoms with Crippen molar-refractivity contribution in [3.05, 3.63) is 45.5 Å². The van der Waals surface area contributed by atoms with Crippen LogP contribution in [0.3, 0.4) is 0 Å². The number of nitrogens with one attached hydrogen (secondary N) is 1. The van der Waals surface area contributed by atoms with Gasteiger partial charge in [0.15, 0.2) is 5.65 Å². The first-order chi connectivity index (χ1) is 15.5. The number of rotatable bonds is 5. The largest absolute Gasteiger partial charge is 0.497 e. The molecule has 0 saturated heterocycles. The summed E-state index contributed by atoms with van der Waals surface area (Å²) in [4.78, 5) is 32.3. The van der Waals surface area contributed by atoms with E-state index < -0.39 is 5.69 Å². The fraction of sp³-hybridized carbons (Fsp3) is 0.364. The zero-order chi connectivity index (χ0) is 22.4. The molecule has 0 radical (unpaired) electrons. The SMILES string of the molecule is COc1cc(NC(=O)Cn2nc3c4c5c(sc4ncn3c2=O)C[C@H](C)CC5)cc(OC)c1. The lowest BCUT2D eigenvalue weighted by molar-refractivity contribution is -0.117. The van der Waals surface area contributed by atoms with Crippen molar-refractivity contribution < 1.29 is 14.3 Å². The first-order valence-electron chi connectivity index (χ1n) is 10.4. The Labute approximate surface area is 187 Å². The maximum Gasteiger partial charge on any atom is 0.352 e. The van der Waals surface area contributed by atoms with Crippen LogP contribution in [0.25, 0.3) is 15.9 Å². The number of anilines is 1. The van der Waals surface area contributed by atoms with Gasteiger partial charge in [0.1, 0.15) is 29.2 Å². The van der Waals surface area contributed by atoms with Gasteiger partial charge in [0.25, 0.3) is 0 Å². The lowest BCUT2D eigenvalue weighted by atomic mass is 9.89. The van der Waals surface area contributed by atoms with Crippen LogP contribution in [0.4, 0.5) is 5.69 Å². The van der Waals surface area contributed by atoms with Crippen molar-refractivity contribution in [2.45, 2.75) is 32.7 Å². The minimum Gasteiger partial charge on any atom is -0.497 e. The number of ether oxygens (including phenoxy) is 2. The molecule has 0 spiro atoms. The van der Waals surface area contributed by atoms with Crippen molar-refractivity contribution in [3.8, 4) is 11.5 Å². The molecule has 3 aromatic heterocycles. The third-order valence-electron chi connectivity index (χ3n) is 5.81. The second kappa shape index (κ2) is 7.94. The summed E-state index contributed by atoms with van der Waals surface area (Å²) in [6, 6.07) is 5.07. The smallest absolute Gasteiger partial charge is 0.352 e. The van der Waals surface area contributed by atoms with E-state index in [1.54, 1.807) is 29.5 Å². The maximum absolute atomic E-state index is 12.9. The topological polar surface area (TPSA) is 99.7 Å². The molecule has 32 heavy (non-hydrogen) atoms. The molecule has 1 atom stereocenters. The lowest BCUT2D eigenvalue weighted by Gasteiger charge is -2.17. The summed E-state index contributed by atoms with van der Waals surface area (Å²) in [5.74, 6) is 1.37. The first kappa shape index (κ1) is 20.5. The van der Waals surface area contributed by atoms with Gasteiger partial charge in [-0.05, 0) is 30.7 Å². The highest BCUT2D eigenvalue weighted by Gasteiger charge is 2.24. The molecule has 0 aliphatic heterocycles. The van der Waals surface area contributed by atoms with Gasteiger partial charge in [-0.3, -0.25) is 4.79 Å². The van der Waals surface area contributed by atoms with E-state index in [0.717, 1.165) is 29.5 Å². The molecule has 5 rings (SSSR count). The highest BCUT2D eigenvalue weighted by Crippen LogP contribution is 2.38. The summed E-state index contributed by atoms with van der Waals surface area (Å²) < 4.78 is 13.1. The molecule has 3 heterocycles. The molecule has 1 aromatic carbocycles. The monoisotopic (exact) mass is 453 g/mol. The van der Waals surface area contributed by atoms with Crippen molar-refractivity contribution in [1.82, 2.24) is 19.2 Å². The number of nitrogens with zero attached hydrogens (tertiary/aromatic N) is 4. The van der Waals surface area contributed by atoms with Gasteiger partial charge >= 0.3 is 5.69 Å². The zero-order valence-corrected chi connectivity index (χ0v) is 18.9. The average molecular weight is 454 g/mol. The van der Waals surface area contributed by atoms with Crippen LogP contribution in [-0.4, -0.2) is 39.3 Å². The molecular weight excluding hydrogens is 430 g/mol. The molecule has 9 nitrogen and oxygen atoms in total. The van der Waals surface area contributed by atoms with Gasteiger partial charge in [-0.25, -0.2) is 18.9 Å². The Morgan fingerprint density at radius 2 is 2.00 bits per heavy atom. The molecule has 0 bridgehead atoms. The number of benzene rings is 1. The second-order valence-corrected chi connectivity index (χ2v) is 9.14. The van der Waals surface area contributed by atoms with E-state index in [0.29, 0.717) is 28.8 Å². The summed E-state index contributed by atoms with van der Waals surface area (Å²) in [7, 11) is 3.07. The van der Waals surface area contributed by atoms with E-state index in [-0.39, 0.29) is 12.5 Å². The second-order valence-electron chi connectivity index (χ2n) is 8.06. The number of aryl methyl sites for hydroxylation is 1. The molecule has 1 aliphatic carbocycles. The molecule has 0 unspecified atom stereocenters. The Morgan fingerprint density at radius 3 is 2.72 bits per heavy atom. The highest BCUT2D eigenvalue weighted by molar-refractivity contribution is 7.19. The van der Waals surface area contributed by atoms with E-state index in [4.69, 9.17) is 9.47 Å². The van der Waals surface area contributed by atoms with Crippen molar-refractivity contribution in [3.63, 3.8) is 0 Å². The number of methoxy groups -OCH3 is 2. The van der Waals surface area contributed by atoms with Gasteiger partial charge in [0.05, 0.1) is 19.6 Å². The molecular formula is C22H23N5O4S. The Morgan fingerprint density at radius 1 is 1.25 bits per heavy atom. The first-order valence-corrected chi connectivity index (χ1v) is 11.2. The fourth-order valence-electron chi connectivity index (χ4n) is 4.18. The summed E-state index contributed by atoms with van der Waals surface area (Å²) in [5.41, 5.74) is 1.92. The Balaban J connectivity index is 1.47. The molecule has 4 aromatic rings. The van der Waals surface area contributed by atoms with Crippen LogP contribution in [0.2, 0.25) is 0 Å². The third-order valence-corrected chi connectivity index (χ3v) is 6.97. The van der Waals surface area contributed by atoms with Gasteiger partial charge in [0, 0.05) is 28.8 Å². The fourth-order valence-corrected chi connectivity index (χ4v) is 5.53. The highest BCUT2D eigenvalue weighted by atomic mass is 32.1. The number of hydrogen-bond acceptors (Lipinski definition) is 7. The van der Waals surface area contributed by atoms with Crippen LogP contribution < -0.4 is 20.5 Å². The number of carbonyl (C=O) groups excluding carboxylic acids is 1. The Hall–Kier alpha value is -3.40. The van der Waals surface area contributed by atoms with E-state index >= 15 is 0 Å². The van der Waals surface area contributed by atoms with E-state index in [9.17, 15) is 9.59 Å².